The van der Waals surface area contributed by atoms with Gasteiger partial charge in [-0.05, 0) is 30.7 Å². The van der Waals surface area contributed by atoms with Crippen LogP contribution in [0.4, 0.5) is 13.2 Å². The number of rotatable bonds is 5. The zero-order valence-corrected chi connectivity index (χ0v) is 12.3. The van der Waals surface area contributed by atoms with Crippen molar-refractivity contribution < 1.29 is 27.4 Å². The van der Waals surface area contributed by atoms with Gasteiger partial charge in [0.15, 0.2) is 6.10 Å². The standard InChI is InChI=1S/C17H15F3O3/c1-12(16(21)23-14-8-3-2-4-9-14)22-11-13-7-5-6-10-15(13)17(18,19)20/h2-10,12H,11H2,1H3. The summed E-state index contributed by atoms with van der Waals surface area (Å²) in [7, 11) is 0. The largest absolute Gasteiger partial charge is 0.425 e. The van der Waals surface area contributed by atoms with Crippen molar-refractivity contribution in [2.24, 2.45) is 0 Å². The van der Waals surface area contributed by atoms with Gasteiger partial charge < -0.3 is 9.47 Å². The van der Waals surface area contributed by atoms with Crippen molar-refractivity contribution in [3.63, 3.8) is 0 Å². The Bertz CT molecular complexity index is 654. The highest BCUT2D eigenvalue weighted by molar-refractivity contribution is 5.76. The fourth-order valence-electron chi connectivity index (χ4n) is 1.89. The van der Waals surface area contributed by atoms with Crippen LogP contribution >= 0.6 is 0 Å². The number of benzene rings is 2. The van der Waals surface area contributed by atoms with Gasteiger partial charge in [0.1, 0.15) is 5.75 Å². The number of halogens is 3. The van der Waals surface area contributed by atoms with Crippen LogP contribution in [-0.4, -0.2) is 12.1 Å². The van der Waals surface area contributed by atoms with Crippen molar-refractivity contribution in [2.75, 3.05) is 0 Å². The van der Waals surface area contributed by atoms with Crippen LogP contribution in [0.25, 0.3) is 0 Å². The molecule has 0 spiro atoms. The van der Waals surface area contributed by atoms with Crippen molar-refractivity contribution in [1.29, 1.82) is 0 Å². The molecule has 0 aromatic heterocycles. The molecule has 0 radical (unpaired) electrons. The zero-order chi connectivity index (χ0) is 16.9. The number of carbonyl (C=O) groups excluding carboxylic acids is 1. The Labute approximate surface area is 131 Å². The van der Waals surface area contributed by atoms with E-state index in [-0.39, 0.29) is 12.2 Å². The third-order valence-corrected chi connectivity index (χ3v) is 3.11. The Kier molecular flexibility index (Phi) is 5.39. The molecular weight excluding hydrogens is 309 g/mol. The van der Waals surface area contributed by atoms with Crippen molar-refractivity contribution >= 4 is 5.97 Å². The zero-order valence-electron chi connectivity index (χ0n) is 12.3. The first kappa shape index (κ1) is 17.0. The molecule has 0 aliphatic carbocycles. The Hall–Kier alpha value is -2.34. The molecule has 0 amide bonds. The number of hydrogen-bond acceptors (Lipinski definition) is 3. The van der Waals surface area contributed by atoms with E-state index >= 15 is 0 Å². The summed E-state index contributed by atoms with van der Waals surface area (Å²) >= 11 is 0. The molecule has 0 bridgehead atoms. The highest BCUT2D eigenvalue weighted by atomic mass is 19.4. The van der Waals surface area contributed by atoms with Crippen LogP contribution in [0, 0.1) is 0 Å². The van der Waals surface area contributed by atoms with E-state index in [1.165, 1.54) is 25.1 Å². The molecule has 0 aliphatic rings. The fraction of sp³-hybridized carbons (Fsp3) is 0.235. The molecule has 2 aromatic carbocycles. The maximum Gasteiger partial charge on any atom is 0.416 e. The average Bonchev–Trinajstić information content (AvgIpc) is 2.53. The second-order valence-corrected chi connectivity index (χ2v) is 4.84. The van der Waals surface area contributed by atoms with E-state index in [2.05, 4.69) is 0 Å². The molecule has 1 unspecified atom stereocenters. The number of carbonyl (C=O) groups is 1. The minimum absolute atomic E-state index is 0.0284. The first-order valence-corrected chi connectivity index (χ1v) is 6.91. The predicted molar refractivity (Wildman–Crippen MR) is 77.8 cm³/mol. The molecule has 122 valence electrons. The molecule has 0 heterocycles. The Morgan fingerprint density at radius 1 is 1.04 bits per heavy atom. The quantitative estimate of drug-likeness (QED) is 0.610. The molecule has 1 atom stereocenters. The van der Waals surface area contributed by atoms with Gasteiger partial charge in [-0.1, -0.05) is 36.4 Å². The van der Waals surface area contributed by atoms with Crippen LogP contribution in [0.2, 0.25) is 0 Å². The first-order valence-electron chi connectivity index (χ1n) is 6.91. The summed E-state index contributed by atoms with van der Waals surface area (Å²) in [6, 6.07) is 13.5. The molecule has 3 nitrogen and oxygen atoms in total. The van der Waals surface area contributed by atoms with Gasteiger partial charge in [0.2, 0.25) is 0 Å². The fourth-order valence-corrected chi connectivity index (χ4v) is 1.89. The van der Waals surface area contributed by atoms with Gasteiger partial charge in [0.05, 0.1) is 12.2 Å². The molecule has 0 fully saturated rings. The van der Waals surface area contributed by atoms with Gasteiger partial charge >= 0.3 is 12.1 Å². The molecule has 2 aromatic rings. The third-order valence-electron chi connectivity index (χ3n) is 3.11. The number of alkyl halides is 3. The lowest BCUT2D eigenvalue weighted by Gasteiger charge is -2.15. The summed E-state index contributed by atoms with van der Waals surface area (Å²) in [5, 5.41) is 0. The molecule has 0 saturated heterocycles. The summed E-state index contributed by atoms with van der Waals surface area (Å²) in [4.78, 5) is 11.8. The minimum Gasteiger partial charge on any atom is -0.425 e. The van der Waals surface area contributed by atoms with Crippen molar-refractivity contribution in [3.8, 4) is 5.75 Å². The topological polar surface area (TPSA) is 35.5 Å². The Morgan fingerprint density at radius 2 is 1.65 bits per heavy atom. The second-order valence-electron chi connectivity index (χ2n) is 4.84. The smallest absolute Gasteiger partial charge is 0.416 e. The lowest BCUT2D eigenvalue weighted by molar-refractivity contribution is -0.147. The molecular formula is C17H15F3O3. The van der Waals surface area contributed by atoms with E-state index in [4.69, 9.17) is 9.47 Å². The molecule has 6 heteroatoms. The summed E-state index contributed by atoms with van der Waals surface area (Å²) in [5.41, 5.74) is -0.803. The summed E-state index contributed by atoms with van der Waals surface area (Å²) in [6.45, 7) is 1.10. The Balaban J connectivity index is 1.97. The maximum absolute atomic E-state index is 12.9. The van der Waals surface area contributed by atoms with E-state index in [0.29, 0.717) is 5.75 Å². The average molecular weight is 324 g/mol. The molecule has 0 saturated carbocycles. The van der Waals surface area contributed by atoms with Crippen LogP contribution in [0.5, 0.6) is 5.75 Å². The van der Waals surface area contributed by atoms with E-state index in [1.807, 2.05) is 0 Å². The van der Waals surface area contributed by atoms with Crippen molar-refractivity contribution in [1.82, 2.24) is 0 Å². The number of esters is 1. The van der Waals surface area contributed by atoms with Gasteiger partial charge in [-0.2, -0.15) is 13.2 Å². The highest BCUT2D eigenvalue weighted by Crippen LogP contribution is 2.32. The SMILES string of the molecule is CC(OCc1ccccc1C(F)(F)F)C(=O)Oc1ccccc1. The van der Waals surface area contributed by atoms with E-state index in [9.17, 15) is 18.0 Å². The van der Waals surface area contributed by atoms with Gasteiger partial charge in [0, 0.05) is 0 Å². The van der Waals surface area contributed by atoms with E-state index in [1.54, 1.807) is 30.3 Å². The predicted octanol–water partition coefficient (Wildman–Crippen LogP) is 4.22. The van der Waals surface area contributed by atoms with E-state index < -0.39 is 23.8 Å². The lowest BCUT2D eigenvalue weighted by atomic mass is 10.1. The summed E-state index contributed by atoms with van der Waals surface area (Å²) in [6.07, 6.45) is -5.45. The van der Waals surface area contributed by atoms with Gasteiger partial charge in [-0.3, -0.25) is 0 Å². The molecule has 23 heavy (non-hydrogen) atoms. The first-order chi connectivity index (χ1) is 10.9. The monoisotopic (exact) mass is 324 g/mol. The third kappa shape index (κ3) is 4.82. The van der Waals surface area contributed by atoms with Crippen molar-refractivity contribution in [3.05, 3.63) is 65.7 Å². The van der Waals surface area contributed by atoms with Gasteiger partial charge in [-0.15, -0.1) is 0 Å². The highest BCUT2D eigenvalue weighted by Gasteiger charge is 2.33. The lowest BCUT2D eigenvalue weighted by Crippen LogP contribution is -2.26. The minimum atomic E-state index is -4.46. The molecule has 0 aliphatic heterocycles. The maximum atomic E-state index is 12.9. The van der Waals surface area contributed by atoms with Crippen LogP contribution in [0.1, 0.15) is 18.1 Å². The Morgan fingerprint density at radius 3 is 2.30 bits per heavy atom. The van der Waals surface area contributed by atoms with Crippen molar-refractivity contribution in [2.45, 2.75) is 25.8 Å². The normalized spacial score (nSPS) is 12.7. The van der Waals surface area contributed by atoms with Crippen LogP contribution in [-0.2, 0) is 22.3 Å². The van der Waals surface area contributed by atoms with E-state index in [0.717, 1.165) is 6.07 Å². The molecule has 0 N–H and O–H groups in total. The van der Waals surface area contributed by atoms with Gasteiger partial charge in [0.25, 0.3) is 0 Å². The summed E-state index contributed by atoms with van der Waals surface area (Å²) in [5.74, 6) is -0.315. The summed E-state index contributed by atoms with van der Waals surface area (Å²) < 4.78 is 48.9. The number of ether oxygens (including phenoxy) is 2. The number of hydrogen-bond donors (Lipinski definition) is 0. The van der Waals surface area contributed by atoms with Crippen LogP contribution in [0.3, 0.4) is 0 Å². The van der Waals surface area contributed by atoms with Gasteiger partial charge in [-0.25, -0.2) is 4.79 Å². The van der Waals surface area contributed by atoms with Crippen LogP contribution in [0.15, 0.2) is 54.6 Å². The molecule has 2 rings (SSSR count). The second kappa shape index (κ2) is 7.28. The van der Waals surface area contributed by atoms with Crippen LogP contribution < -0.4 is 4.74 Å². The number of para-hydroxylation sites is 1.